The van der Waals surface area contributed by atoms with E-state index in [1.807, 2.05) is 0 Å². The molecule has 29 heavy (non-hydrogen) atoms. The van der Waals surface area contributed by atoms with Crippen LogP contribution in [0.2, 0.25) is 0 Å². The number of hydrogen-bond donors (Lipinski definition) is 3. The number of anilines is 1. The predicted octanol–water partition coefficient (Wildman–Crippen LogP) is 0.0996. The van der Waals surface area contributed by atoms with Gasteiger partial charge in [-0.15, -0.1) is 0 Å². The first-order valence-electron chi connectivity index (χ1n) is 8.99. The van der Waals surface area contributed by atoms with Gasteiger partial charge >= 0.3 is 0 Å². The Balaban J connectivity index is 2.57. The van der Waals surface area contributed by atoms with Crippen molar-refractivity contribution < 1.29 is 26.4 Å². The van der Waals surface area contributed by atoms with Crippen LogP contribution in [-0.2, 0) is 29.6 Å². The second-order valence-electron chi connectivity index (χ2n) is 6.45. The van der Waals surface area contributed by atoms with Crippen LogP contribution in [0.1, 0.15) is 27.2 Å². The minimum Gasteiger partial charge on any atom is -0.355 e. The van der Waals surface area contributed by atoms with Crippen molar-refractivity contribution in [3.05, 3.63) is 24.3 Å². The molecule has 0 saturated carbocycles. The molecule has 0 aliphatic rings. The molecular weight excluding hydrogens is 420 g/mol. The molecule has 0 aromatic heterocycles. The second kappa shape index (κ2) is 10.7. The van der Waals surface area contributed by atoms with Crippen molar-refractivity contribution >= 4 is 37.5 Å². The third-order valence-electron chi connectivity index (χ3n) is 3.92. The molecule has 1 aromatic rings. The van der Waals surface area contributed by atoms with Crippen LogP contribution in [-0.4, -0.2) is 64.9 Å². The van der Waals surface area contributed by atoms with E-state index < -0.39 is 32.0 Å². The highest BCUT2D eigenvalue weighted by Crippen LogP contribution is 2.14. The van der Waals surface area contributed by atoms with Crippen molar-refractivity contribution in [2.75, 3.05) is 31.2 Å². The summed E-state index contributed by atoms with van der Waals surface area (Å²) in [6.07, 6.45) is 1.52. The van der Waals surface area contributed by atoms with E-state index in [2.05, 4.69) is 15.4 Å². The first-order chi connectivity index (χ1) is 13.4. The van der Waals surface area contributed by atoms with Gasteiger partial charge in [0, 0.05) is 32.2 Å². The Morgan fingerprint density at radius 2 is 1.69 bits per heavy atom. The van der Waals surface area contributed by atoms with Gasteiger partial charge in [-0.3, -0.25) is 9.59 Å². The average molecular weight is 449 g/mol. The van der Waals surface area contributed by atoms with Gasteiger partial charge in [0.1, 0.15) is 0 Å². The zero-order chi connectivity index (χ0) is 22.2. The maximum Gasteiger partial charge on any atom is 0.241 e. The zero-order valence-corrected chi connectivity index (χ0v) is 18.6. The van der Waals surface area contributed by atoms with E-state index in [0.717, 1.165) is 6.26 Å². The molecular formula is C17H28N4O6S2. The van der Waals surface area contributed by atoms with Gasteiger partial charge in [-0.2, -0.15) is 4.72 Å². The summed E-state index contributed by atoms with van der Waals surface area (Å²) < 4.78 is 51.4. The van der Waals surface area contributed by atoms with Crippen molar-refractivity contribution in [3.8, 4) is 0 Å². The van der Waals surface area contributed by atoms with Crippen molar-refractivity contribution in [3.63, 3.8) is 0 Å². The molecule has 1 atom stereocenters. The number of carbonyl (C=O) groups is 2. The number of nitrogens with one attached hydrogen (secondary N) is 3. The third-order valence-corrected chi connectivity index (χ3v) is 6.85. The van der Waals surface area contributed by atoms with Crippen molar-refractivity contribution in [1.29, 1.82) is 0 Å². The van der Waals surface area contributed by atoms with Gasteiger partial charge in [0.25, 0.3) is 0 Å². The van der Waals surface area contributed by atoms with E-state index in [0.29, 0.717) is 18.7 Å². The number of sulfonamides is 2. The molecule has 1 aromatic carbocycles. The van der Waals surface area contributed by atoms with Crippen molar-refractivity contribution in [2.45, 2.75) is 38.1 Å². The quantitative estimate of drug-likeness (QED) is 0.410. The number of carbonyl (C=O) groups excluding carboxylic acids is 2. The van der Waals surface area contributed by atoms with Crippen LogP contribution in [0.5, 0.6) is 0 Å². The number of benzene rings is 1. The minimum atomic E-state index is -3.93. The molecule has 0 heterocycles. The van der Waals surface area contributed by atoms with E-state index in [4.69, 9.17) is 0 Å². The summed E-state index contributed by atoms with van der Waals surface area (Å²) in [5, 5.41) is 5.12. The molecule has 3 N–H and O–H groups in total. The lowest BCUT2D eigenvalue weighted by Gasteiger charge is -2.18. The van der Waals surface area contributed by atoms with E-state index in [1.165, 1.54) is 42.4 Å². The third kappa shape index (κ3) is 8.48. The van der Waals surface area contributed by atoms with Gasteiger partial charge in [0.2, 0.25) is 31.9 Å². The summed E-state index contributed by atoms with van der Waals surface area (Å²) in [6.45, 7) is 5.28. The highest BCUT2D eigenvalue weighted by molar-refractivity contribution is 7.89. The maximum atomic E-state index is 12.4. The number of amides is 2. The molecule has 0 unspecified atom stereocenters. The normalized spacial score (nSPS) is 13.1. The molecule has 10 nitrogen and oxygen atoms in total. The Kier molecular flexibility index (Phi) is 9.20. The maximum absolute atomic E-state index is 12.4. The predicted molar refractivity (Wildman–Crippen MR) is 110 cm³/mol. The summed E-state index contributed by atoms with van der Waals surface area (Å²) in [7, 11) is -7.22. The second-order valence-corrected chi connectivity index (χ2v) is 10.1. The van der Waals surface area contributed by atoms with Crippen LogP contribution in [0.4, 0.5) is 5.69 Å². The Hall–Kier alpha value is -2.02. The Labute approximate surface area is 172 Å². The van der Waals surface area contributed by atoms with Crippen LogP contribution in [0, 0.1) is 0 Å². The number of rotatable bonds is 11. The molecule has 0 aliphatic carbocycles. The lowest BCUT2D eigenvalue weighted by Crippen LogP contribution is -2.45. The molecule has 0 fully saturated rings. The number of nitrogens with zero attached hydrogens (tertiary/aromatic N) is 1. The van der Waals surface area contributed by atoms with Gasteiger partial charge in [0.15, 0.2) is 0 Å². The first-order valence-corrected chi connectivity index (χ1v) is 12.3. The molecule has 0 aliphatic heterocycles. The smallest absolute Gasteiger partial charge is 0.241 e. The lowest BCUT2D eigenvalue weighted by molar-refractivity contribution is -0.122. The fourth-order valence-corrected chi connectivity index (χ4v) is 4.59. The lowest BCUT2D eigenvalue weighted by atomic mass is 10.3. The van der Waals surface area contributed by atoms with Crippen LogP contribution >= 0.6 is 0 Å². The number of hydrogen-bond acceptors (Lipinski definition) is 6. The standard InChI is InChI=1S/C17H28N4O6S2/c1-5-21(28(4,24)25)12-6-11-18-17(23)13(2)20-29(26,27)16-9-7-15(8-10-16)19-14(3)22/h7-10,13,20H,5-6,11-12H2,1-4H3,(H,18,23)(H,19,22)/t13-/m0/s1. The van der Waals surface area contributed by atoms with Gasteiger partial charge in [-0.25, -0.2) is 21.1 Å². The molecule has 0 bridgehead atoms. The zero-order valence-electron chi connectivity index (χ0n) is 16.9. The summed E-state index contributed by atoms with van der Waals surface area (Å²) >= 11 is 0. The SMILES string of the molecule is CCN(CCCNC(=O)[C@H](C)NS(=O)(=O)c1ccc(NC(C)=O)cc1)S(C)(=O)=O. The fraction of sp³-hybridized carbons (Fsp3) is 0.529. The van der Waals surface area contributed by atoms with Gasteiger partial charge in [-0.1, -0.05) is 6.92 Å². The van der Waals surface area contributed by atoms with Gasteiger partial charge in [-0.05, 0) is 37.6 Å². The minimum absolute atomic E-state index is 0.0435. The molecule has 0 saturated heterocycles. The largest absolute Gasteiger partial charge is 0.355 e. The van der Waals surface area contributed by atoms with E-state index in [9.17, 15) is 26.4 Å². The van der Waals surface area contributed by atoms with Gasteiger partial charge < -0.3 is 10.6 Å². The van der Waals surface area contributed by atoms with Crippen LogP contribution in [0.25, 0.3) is 0 Å². The van der Waals surface area contributed by atoms with E-state index in [1.54, 1.807) is 6.92 Å². The topological polar surface area (TPSA) is 142 Å². The summed E-state index contributed by atoms with van der Waals surface area (Å²) in [6, 6.07) is 4.52. The average Bonchev–Trinajstić information content (AvgIpc) is 2.59. The highest BCUT2D eigenvalue weighted by Gasteiger charge is 2.22. The Morgan fingerprint density at radius 1 is 1.10 bits per heavy atom. The first kappa shape index (κ1) is 25.0. The Bertz CT molecular complexity index is 914. The van der Waals surface area contributed by atoms with Crippen molar-refractivity contribution in [2.24, 2.45) is 0 Å². The monoisotopic (exact) mass is 448 g/mol. The molecule has 2 amide bonds. The van der Waals surface area contributed by atoms with E-state index in [-0.39, 0.29) is 23.9 Å². The van der Waals surface area contributed by atoms with Gasteiger partial charge in [0.05, 0.1) is 17.2 Å². The molecule has 12 heteroatoms. The summed E-state index contributed by atoms with van der Waals surface area (Å²) in [5.74, 6) is -0.798. The van der Waals surface area contributed by atoms with Crippen LogP contribution < -0.4 is 15.4 Å². The molecule has 0 radical (unpaired) electrons. The summed E-state index contributed by atoms with van der Waals surface area (Å²) in [4.78, 5) is 23.1. The molecule has 1 rings (SSSR count). The molecule has 0 spiro atoms. The highest BCUT2D eigenvalue weighted by atomic mass is 32.2. The summed E-state index contributed by atoms with van der Waals surface area (Å²) in [5.41, 5.74) is 0.456. The van der Waals surface area contributed by atoms with Crippen molar-refractivity contribution in [1.82, 2.24) is 14.3 Å². The van der Waals surface area contributed by atoms with Crippen LogP contribution in [0.3, 0.4) is 0 Å². The Morgan fingerprint density at radius 3 is 2.17 bits per heavy atom. The fourth-order valence-electron chi connectivity index (χ4n) is 2.45. The van der Waals surface area contributed by atoms with E-state index >= 15 is 0 Å². The van der Waals surface area contributed by atoms with Crippen LogP contribution in [0.15, 0.2) is 29.2 Å². The molecule has 164 valence electrons.